The maximum atomic E-state index is 10.9. The first-order chi connectivity index (χ1) is 9.06. The first kappa shape index (κ1) is 11.4. The fraction of sp³-hybridized carbons (Fsp3) is 0.167. The van der Waals surface area contributed by atoms with Gasteiger partial charge in [0.2, 0.25) is 5.69 Å². The van der Waals surface area contributed by atoms with Crippen LogP contribution in [0.25, 0.3) is 22.6 Å². The molecule has 3 aromatic rings. The van der Waals surface area contributed by atoms with Crippen LogP contribution >= 0.6 is 0 Å². The third-order valence-corrected chi connectivity index (χ3v) is 3.14. The summed E-state index contributed by atoms with van der Waals surface area (Å²) in [6.45, 7) is 4.01. The number of fused-ring (bicyclic) bond motifs is 1. The van der Waals surface area contributed by atoms with Crippen LogP contribution in [0.5, 0.6) is 0 Å². The van der Waals surface area contributed by atoms with Gasteiger partial charge in [-0.15, -0.1) is 0 Å². The Hall–Kier alpha value is -2.70. The van der Waals surface area contributed by atoms with Gasteiger partial charge in [0, 0.05) is 0 Å². The molecular formula is C12H11N5O2. The van der Waals surface area contributed by atoms with E-state index < -0.39 is 4.92 Å². The molecule has 0 fully saturated rings. The Balaban J connectivity index is 2.21. The molecule has 2 N–H and O–H groups in total. The largest absolute Gasteiger partial charge is 0.336 e. The molecule has 0 bridgehead atoms. The molecular weight excluding hydrogens is 246 g/mol. The molecule has 0 saturated carbocycles. The Bertz CT molecular complexity index is 748. The van der Waals surface area contributed by atoms with Gasteiger partial charge >= 0.3 is 5.69 Å². The fourth-order valence-corrected chi connectivity index (χ4v) is 1.98. The molecule has 0 saturated heterocycles. The second-order valence-corrected chi connectivity index (χ2v) is 4.42. The first-order valence-corrected chi connectivity index (χ1v) is 5.72. The highest BCUT2D eigenvalue weighted by molar-refractivity contribution is 5.81. The highest BCUT2D eigenvalue weighted by Gasteiger charge is 2.21. The lowest BCUT2D eigenvalue weighted by Crippen LogP contribution is -1.90. The molecule has 19 heavy (non-hydrogen) atoms. The predicted molar refractivity (Wildman–Crippen MR) is 69.8 cm³/mol. The van der Waals surface area contributed by atoms with Crippen molar-refractivity contribution in [2.24, 2.45) is 0 Å². The van der Waals surface area contributed by atoms with Gasteiger partial charge in [-0.3, -0.25) is 15.2 Å². The number of aromatic nitrogens is 4. The Labute approximate surface area is 107 Å². The number of hydrogen-bond donors (Lipinski definition) is 2. The molecule has 1 aromatic carbocycles. The number of aromatic amines is 2. The van der Waals surface area contributed by atoms with Crippen molar-refractivity contribution in [3.8, 4) is 11.5 Å². The normalized spacial score (nSPS) is 11.1. The lowest BCUT2D eigenvalue weighted by atomic mass is 10.1. The van der Waals surface area contributed by atoms with Crippen LogP contribution < -0.4 is 0 Å². The monoisotopic (exact) mass is 257 g/mol. The number of benzene rings is 1. The summed E-state index contributed by atoms with van der Waals surface area (Å²) in [6.07, 6.45) is 1.25. The minimum Gasteiger partial charge on any atom is -0.336 e. The van der Waals surface area contributed by atoms with Crippen molar-refractivity contribution in [3.63, 3.8) is 0 Å². The van der Waals surface area contributed by atoms with E-state index in [1.165, 1.54) is 6.20 Å². The zero-order valence-electron chi connectivity index (χ0n) is 10.4. The van der Waals surface area contributed by atoms with Crippen molar-refractivity contribution in [2.75, 3.05) is 0 Å². The number of nitrogens with one attached hydrogen (secondary N) is 2. The number of H-pyrrole nitrogens is 2. The van der Waals surface area contributed by atoms with E-state index in [4.69, 9.17) is 0 Å². The topological polar surface area (TPSA) is 100 Å². The molecule has 0 radical (unpaired) electrons. The summed E-state index contributed by atoms with van der Waals surface area (Å²) in [6, 6.07) is 3.92. The highest BCUT2D eigenvalue weighted by atomic mass is 16.6. The van der Waals surface area contributed by atoms with Gasteiger partial charge in [-0.1, -0.05) is 0 Å². The van der Waals surface area contributed by atoms with E-state index in [-0.39, 0.29) is 11.4 Å². The van der Waals surface area contributed by atoms with Crippen LogP contribution in [0.4, 0.5) is 5.69 Å². The minimum absolute atomic E-state index is 0.0903. The van der Waals surface area contributed by atoms with Crippen LogP contribution in [0.1, 0.15) is 11.1 Å². The third-order valence-electron chi connectivity index (χ3n) is 3.14. The molecule has 2 aromatic heterocycles. The lowest BCUT2D eigenvalue weighted by molar-refractivity contribution is -0.384. The summed E-state index contributed by atoms with van der Waals surface area (Å²) >= 11 is 0. The van der Waals surface area contributed by atoms with Gasteiger partial charge in [0.25, 0.3) is 0 Å². The average molecular weight is 257 g/mol. The van der Waals surface area contributed by atoms with Gasteiger partial charge < -0.3 is 4.98 Å². The summed E-state index contributed by atoms with van der Waals surface area (Å²) < 4.78 is 0. The Kier molecular flexibility index (Phi) is 2.34. The minimum atomic E-state index is -0.484. The zero-order chi connectivity index (χ0) is 13.6. The molecule has 7 heteroatoms. The third kappa shape index (κ3) is 1.75. The predicted octanol–water partition coefficient (Wildman–Crippen LogP) is 2.48. The Morgan fingerprint density at radius 3 is 2.74 bits per heavy atom. The highest BCUT2D eigenvalue weighted by Crippen LogP contribution is 2.27. The SMILES string of the molecule is Cc1cc2nc(-c3n[nH]cc3[N+](=O)[O-])[nH]c2cc1C. The van der Waals surface area contributed by atoms with Gasteiger partial charge in [0.15, 0.2) is 5.82 Å². The van der Waals surface area contributed by atoms with Crippen LogP contribution in [0.3, 0.4) is 0 Å². The molecule has 0 atom stereocenters. The molecule has 3 rings (SSSR count). The average Bonchev–Trinajstić information content (AvgIpc) is 2.95. The van der Waals surface area contributed by atoms with Crippen LogP contribution in [0.2, 0.25) is 0 Å². The lowest BCUT2D eigenvalue weighted by Gasteiger charge is -1.97. The summed E-state index contributed by atoms with van der Waals surface area (Å²) in [5, 5.41) is 17.3. The van der Waals surface area contributed by atoms with Crippen LogP contribution in [0, 0.1) is 24.0 Å². The molecule has 2 heterocycles. The second kappa shape index (κ2) is 3.91. The second-order valence-electron chi connectivity index (χ2n) is 4.42. The molecule has 0 unspecified atom stereocenters. The summed E-state index contributed by atoms with van der Waals surface area (Å²) in [7, 11) is 0. The van der Waals surface area contributed by atoms with E-state index in [1.54, 1.807) is 0 Å². The Morgan fingerprint density at radius 1 is 1.26 bits per heavy atom. The molecule has 0 spiro atoms. The smallest absolute Gasteiger partial charge is 0.317 e. The molecule has 96 valence electrons. The van der Waals surface area contributed by atoms with Crippen molar-refractivity contribution < 1.29 is 4.92 Å². The maximum Gasteiger partial charge on any atom is 0.317 e. The quantitative estimate of drug-likeness (QED) is 0.544. The van der Waals surface area contributed by atoms with E-state index in [0.717, 1.165) is 22.2 Å². The number of aryl methyl sites for hydroxylation is 2. The fourth-order valence-electron chi connectivity index (χ4n) is 1.98. The molecule has 0 aliphatic heterocycles. The molecule has 0 amide bonds. The molecule has 0 aliphatic rings. The number of hydrogen-bond acceptors (Lipinski definition) is 4. The summed E-state index contributed by atoms with van der Waals surface area (Å²) in [4.78, 5) is 17.8. The van der Waals surface area contributed by atoms with Crippen LogP contribution in [0.15, 0.2) is 18.3 Å². The summed E-state index contributed by atoms with van der Waals surface area (Å²) in [5.74, 6) is 0.396. The van der Waals surface area contributed by atoms with E-state index >= 15 is 0 Å². The Morgan fingerprint density at radius 2 is 2.00 bits per heavy atom. The van der Waals surface area contributed by atoms with Gasteiger partial charge in [0.05, 0.1) is 16.0 Å². The van der Waals surface area contributed by atoms with Crippen molar-refractivity contribution in [3.05, 3.63) is 39.6 Å². The number of nitro groups is 1. The van der Waals surface area contributed by atoms with E-state index in [2.05, 4.69) is 20.2 Å². The standard InChI is InChI=1S/C12H11N5O2/c1-6-3-8-9(4-7(6)2)15-12(14-8)11-10(17(18)19)5-13-16-11/h3-5H,1-2H3,(H,13,16)(H,14,15). The van der Waals surface area contributed by atoms with Gasteiger partial charge in [-0.05, 0) is 37.1 Å². The van der Waals surface area contributed by atoms with Gasteiger partial charge in [-0.25, -0.2) is 4.98 Å². The number of rotatable bonds is 2. The van der Waals surface area contributed by atoms with Crippen molar-refractivity contribution in [1.29, 1.82) is 0 Å². The van der Waals surface area contributed by atoms with Gasteiger partial charge in [-0.2, -0.15) is 5.10 Å². The zero-order valence-corrected chi connectivity index (χ0v) is 10.4. The van der Waals surface area contributed by atoms with Crippen LogP contribution in [-0.4, -0.2) is 25.1 Å². The number of imidazole rings is 1. The van der Waals surface area contributed by atoms with Crippen LogP contribution in [-0.2, 0) is 0 Å². The summed E-state index contributed by atoms with van der Waals surface area (Å²) in [5.41, 5.74) is 4.01. The number of nitrogens with zero attached hydrogens (tertiary/aromatic N) is 3. The van der Waals surface area contributed by atoms with E-state index in [0.29, 0.717) is 5.82 Å². The van der Waals surface area contributed by atoms with Crippen molar-refractivity contribution in [1.82, 2.24) is 20.2 Å². The van der Waals surface area contributed by atoms with Gasteiger partial charge in [0.1, 0.15) is 6.20 Å². The van der Waals surface area contributed by atoms with E-state index in [9.17, 15) is 10.1 Å². The van der Waals surface area contributed by atoms with E-state index in [1.807, 2.05) is 26.0 Å². The van der Waals surface area contributed by atoms with Crippen molar-refractivity contribution in [2.45, 2.75) is 13.8 Å². The molecule has 7 nitrogen and oxygen atoms in total. The van der Waals surface area contributed by atoms with Crippen molar-refractivity contribution >= 4 is 16.7 Å². The first-order valence-electron chi connectivity index (χ1n) is 5.72. The maximum absolute atomic E-state index is 10.9. The molecule has 0 aliphatic carbocycles.